The second-order valence-corrected chi connectivity index (χ2v) is 5.12. The van der Waals surface area contributed by atoms with Crippen molar-refractivity contribution in [2.75, 3.05) is 13.2 Å². The Kier molecular flexibility index (Phi) is 5.64. The lowest BCUT2D eigenvalue weighted by atomic mass is 10.1. The number of ether oxygens (including phenoxy) is 1. The molecule has 0 aliphatic rings. The first-order chi connectivity index (χ1) is 9.38. The van der Waals surface area contributed by atoms with Crippen molar-refractivity contribution < 1.29 is 4.74 Å². The predicted octanol–water partition coefficient (Wildman–Crippen LogP) is 2.82. The zero-order valence-corrected chi connectivity index (χ0v) is 11.6. The van der Waals surface area contributed by atoms with Crippen LogP contribution < -0.4 is 5.73 Å². The summed E-state index contributed by atoms with van der Waals surface area (Å²) in [5.74, 6) is 5.88. The summed E-state index contributed by atoms with van der Waals surface area (Å²) >= 11 is 1.77. The Hall–Kier alpha value is -1.60. The second-order valence-electron chi connectivity index (χ2n) is 4.09. The van der Waals surface area contributed by atoms with Gasteiger partial charge in [0.05, 0.1) is 19.8 Å². The Morgan fingerprint density at radius 1 is 1.21 bits per heavy atom. The van der Waals surface area contributed by atoms with Crippen LogP contribution in [0.25, 0.3) is 0 Å². The van der Waals surface area contributed by atoms with E-state index in [4.69, 9.17) is 10.5 Å². The van der Waals surface area contributed by atoms with Gasteiger partial charge < -0.3 is 10.5 Å². The number of rotatable bonds is 5. The number of hydrogen-bond donors (Lipinski definition) is 1. The molecule has 2 nitrogen and oxygen atoms in total. The molecule has 1 aromatic carbocycles. The van der Waals surface area contributed by atoms with Crippen molar-refractivity contribution in [1.29, 1.82) is 0 Å². The molecule has 0 atom stereocenters. The zero-order valence-electron chi connectivity index (χ0n) is 10.8. The Labute approximate surface area is 118 Å². The van der Waals surface area contributed by atoms with Gasteiger partial charge in [-0.1, -0.05) is 30.0 Å². The van der Waals surface area contributed by atoms with Crippen molar-refractivity contribution in [2.24, 2.45) is 5.73 Å². The van der Waals surface area contributed by atoms with Crippen molar-refractivity contribution in [3.63, 3.8) is 0 Å². The molecule has 0 saturated heterocycles. The minimum atomic E-state index is 0.390. The molecule has 0 spiro atoms. The predicted molar refractivity (Wildman–Crippen MR) is 80.1 cm³/mol. The van der Waals surface area contributed by atoms with Gasteiger partial charge in [-0.2, -0.15) is 0 Å². The molecule has 0 amide bonds. The summed E-state index contributed by atoms with van der Waals surface area (Å²) in [6, 6.07) is 12.3. The molecule has 19 heavy (non-hydrogen) atoms. The van der Waals surface area contributed by atoms with Gasteiger partial charge >= 0.3 is 0 Å². The van der Waals surface area contributed by atoms with Crippen LogP contribution in [0, 0.1) is 11.8 Å². The summed E-state index contributed by atoms with van der Waals surface area (Å²) in [6.07, 6.45) is 0.977. The topological polar surface area (TPSA) is 35.2 Å². The third kappa shape index (κ3) is 4.88. The molecule has 0 aliphatic carbocycles. The third-order valence-corrected chi connectivity index (χ3v) is 3.54. The number of benzene rings is 1. The molecule has 0 bridgehead atoms. The van der Waals surface area contributed by atoms with E-state index < -0.39 is 0 Å². The summed E-state index contributed by atoms with van der Waals surface area (Å²) in [5.41, 5.74) is 7.50. The third-order valence-electron chi connectivity index (χ3n) is 2.60. The molecule has 2 aromatic rings. The van der Waals surface area contributed by atoms with Crippen molar-refractivity contribution in [1.82, 2.24) is 0 Å². The van der Waals surface area contributed by atoms with E-state index in [1.54, 1.807) is 11.3 Å². The molecule has 1 aromatic heterocycles. The average molecular weight is 271 g/mol. The highest BCUT2D eigenvalue weighted by molar-refractivity contribution is 7.09. The molecule has 0 saturated carbocycles. The standard InChI is InChI=1S/C16H17NOS/c17-9-2-6-14-4-1-5-15(12-14)13-18-10-8-16-7-3-11-19-16/h1,3-5,7,11-12H,8-10,13,17H2. The second kappa shape index (κ2) is 7.75. The van der Waals surface area contributed by atoms with Crippen LogP contribution in [0.15, 0.2) is 41.8 Å². The molecular formula is C16H17NOS. The van der Waals surface area contributed by atoms with Gasteiger partial charge in [0.25, 0.3) is 0 Å². The number of thiophene rings is 1. The van der Waals surface area contributed by atoms with Crippen molar-refractivity contribution in [2.45, 2.75) is 13.0 Å². The molecule has 0 unspecified atom stereocenters. The Morgan fingerprint density at radius 2 is 2.16 bits per heavy atom. The molecular weight excluding hydrogens is 254 g/mol. The minimum Gasteiger partial charge on any atom is -0.376 e. The molecule has 3 heteroatoms. The highest BCUT2D eigenvalue weighted by Crippen LogP contribution is 2.10. The quantitative estimate of drug-likeness (QED) is 0.670. The van der Waals surface area contributed by atoms with Crippen LogP contribution >= 0.6 is 11.3 Å². The molecule has 98 valence electrons. The fourth-order valence-corrected chi connectivity index (χ4v) is 2.40. The van der Waals surface area contributed by atoms with Crippen LogP contribution in [0.2, 0.25) is 0 Å². The van der Waals surface area contributed by atoms with E-state index in [0.29, 0.717) is 13.2 Å². The Bertz CT molecular complexity index is 552. The van der Waals surface area contributed by atoms with Crippen LogP contribution in [0.5, 0.6) is 0 Å². The van der Waals surface area contributed by atoms with Gasteiger partial charge in [-0.05, 0) is 29.1 Å². The van der Waals surface area contributed by atoms with Gasteiger partial charge in [0.15, 0.2) is 0 Å². The van der Waals surface area contributed by atoms with E-state index in [1.165, 1.54) is 4.88 Å². The first-order valence-electron chi connectivity index (χ1n) is 6.26. The van der Waals surface area contributed by atoms with E-state index >= 15 is 0 Å². The first kappa shape index (κ1) is 13.8. The highest BCUT2D eigenvalue weighted by atomic mass is 32.1. The van der Waals surface area contributed by atoms with Crippen LogP contribution in [0.1, 0.15) is 16.0 Å². The molecule has 0 aliphatic heterocycles. The average Bonchev–Trinajstić information content (AvgIpc) is 2.95. The summed E-state index contributed by atoms with van der Waals surface area (Å²) in [4.78, 5) is 1.36. The van der Waals surface area contributed by atoms with E-state index in [9.17, 15) is 0 Å². The van der Waals surface area contributed by atoms with Gasteiger partial charge in [-0.15, -0.1) is 11.3 Å². The Balaban J connectivity index is 1.79. The smallest absolute Gasteiger partial charge is 0.0717 e. The van der Waals surface area contributed by atoms with Gasteiger partial charge in [-0.3, -0.25) is 0 Å². The first-order valence-corrected chi connectivity index (χ1v) is 7.14. The fourth-order valence-electron chi connectivity index (χ4n) is 1.71. The monoisotopic (exact) mass is 271 g/mol. The lowest BCUT2D eigenvalue weighted by molar-refractivity contribution is 0.124. The summed E-state index contributed by atoms with van der Waals surface area (Å²) in [7, 11) is 0. The maximum Gasteiger partial charge on any atom is 0.0717 e. The van der Waals surface area contributed by atoms with E-state index in [1.807, 2.05) is 18.2 Å². The van der Waals surface area contributed by atoms with Crippen molar-refractivity contribution in [3.8, 4) is 11.8 Å². The van der Waals surface area contributed by atoms with Crippen LogP contribution in [-0.2, 0) is 17.8 Å². The minimum absolute atomic E-state index is 0.390. The van der Waals surface area contributed by atoms with Gasteiger partial charge in [0, 0.05) is 16.9 Å². The van der Waals surface area contributed by atoms with Crippen LogP contribution in [0.4, 0.5) is 0 Å². The zero-order chi connectivity index (χ0) is 13.3. The summed E-state index contributed by atoms with van der Waals surface area (Å²) in [5, 5.41) is 2.09. The van der Waals surface area contributed by atoms with E-state index in [-0.39, 0.29) is 0 Å². The molecule has 0 radical (unpaired) electrons. The van der Waals surface area contributed by atoms with Gasteiger partial charge in [-0.25, -0.2) is 0 Å². The Morgan fingerprint density at radius 3 is 2.95 bits per heavy atom. The van der Waals surface area contributed by atoms with Crippen molar-refractivity contribution in [3.05, 3.63) is 57.8 Å². The van der Waals surface area contributed by atoms with Gasteiger partial charge in [0.2, 0.25) is 0 Å². The summed E-state index contributed by atoms with van der Waals surface area (Å²) < 4.78 is 5.69. The maximum atomic E-state index is 5.69. The molecule has 2 N–H and O–H groups in total. The molecule has 2 rings (SSSR count). The van der Waals surface area contributed by atoms with E-state index in [0.717, 1.165) is 24.2 Å². The number of hydrogen-bond acceptors (Lipinski definition) is 3. The lowest BCUT2D eigenvalue weighted by Gasteiger charge is -2.04. The normalized spacial score (nSPS) is 9.95. The summed E-state index contributed by atoms with van der Waals surface area (Å²) in [6.45, 7) is 1.77. The van der Waals surface area contributed by atoms with Crippen LogP contribution in [0.3, 0.4) is 0 Å². The lowest BCUT2D eigenvalue weighted by Crippen LogP contribution is -1.98. The SMILES string of the molecule is NCC#Cc1cccc(COCCc2cccs2)c1. The number of nitrogens with two attached hydrogens (primary N) is 1. The van der Waals surface area contributed by atoms with Gasteiger partial charge in [0.1, 0.15) is 0 Å². The fraction of sp³-hybridized carbons (Fsp3) is 0.250. The molecule has 0 fully saturated rings. The van der Waals surface area contributed by atoms with E-state index in [2.05, 4.69) is 35.4 Å². The maximum absolute atomic E-state index is 5.69. The highest BCUT2D eigenvalue weighted by Gasteiger charge is 1.97. The van der Waals surface area contributed by atoms with Crippen LogP contribution in [-0.4, -0.2) is 13.2 Å². The largest absolute Gasteiger partial charge is 0.376 e. The van der Waals surface area contributed by atoms with Crippen molar-refractivity contribution >= 4 is 11.3 Å². The molecule has 1 heterocycles.